The number of aryl methyl sites for hydroxylation is 1. The zero-order valence-corrected chi connectivity index (χ0v) is 12.9. The van der Waals surface area contributed by atoms with Crippen molar-refractivity contribution in [3.8, 4) is 0 Å². The molecule has 0 radical (unpaired) electrons. The maximum absolute atomic E-state index is 5.94. The molecule has 0 amide bonds. The number of hydrogen-bond acceptors (Lipinski definition) is 3. The maximum Gasteiger partial charge on any atom is 0.123 e. The number of rotatable bonds is 7. The van der Waals surface area contributed by atoms with Gasteiger partial charge in [0.1, 0.15) is 11.5 Å². The largest absolute Gasteiger partial charge is 0.463 e. The number of anilines is 1. The molecular formula is C18H24N2O. The van der Waals surface area contributed by atoms with Crippen molar-refractivity contribution in [2.75, 3.05) is 11.4 Å². The molecule has 1 fully saturated rings. The van der Waals surface area contributed by atoms with Gasteiger partial charge < -0.3 is 14.6 Å². The number of furan rings is 1. The third-order valence-electron chi connectivity index (χ3n) is 3.95. The van der Waals surface area contributed by atoms with Crippen LogP contribution in [-0.2, 0) is 13.1 Å². The topological polar surface area (TPSA) is 28.4 Å². The molecule has 2 aromatic rings. The Bertz CT molecular complexity index is 586. The quantitative estimate of drug-likeness (QED) is 0.836. The van der Waals surface area contributed by atoms with E-state index >= 15 is 0 Å². The smallest absolute Gasteiger partial charge is 0.123 e. The minimum atomic E-state index is 0.720. The average molecular weight is 284 g/mol. The van der Waals surface area contributed by atoms with Crippen molar-refractivity contribution >= 4 is 5.69 Å². The van der Waals surface area contributed by atoms with Crippen LogP contribution in [0, 0.1) is 6.92 Å². The second kappa shape index (κ2) is 6.35. The lowest BCUT2D eigenvalue weighted by Crippen LogP contribution is -2.21. The van der Waals surface area contributed by atoms with Gasteiger partial charge in [0, 0.05) is 18.3 Å². The van der Waals surface area contributed by atoms with Crippen LogP contribution < -0.4 is 10.2 Å². The molecule has 0 spiro atoms. The zero-order valence-electron chi connectivity index (χ0n) is 12.9. The van der Waals surface area contributed by atoms with Crippen LogP contribution in [0.2, 0.25) is 0 Å². The number of hydrogen-bond donors (Lipinski definition) is 1. The fourth-order valence-electron chi connectivity index (χ4n) is 2.53. The Morgan fingerprint density at radius 2 is 2.00 bits per heavy atom. The third kappa shape index (κ3) is 3.88. The van der Waals surface area contributed by atoms with Crippen LogP contribution in [0.5, 0.6) is 0 Å². The lowest BCUT2D eigenvalue weighted by atomic mass is 10.2. The molecule has 0 aliphatic heterocycles. The zero-order chi connectivity index (χ0) is 14.7. The lowest BCUT2D eigenvalue weighted by Gasteiger charge is -2.22. The van der Waals surface area contributed by atoms with Gasteiger partial charge in [0.15, 0.2) is 0 Å². The molecule has 1 heterocycles. The van der Waals surface area contributed by atoms with Gasteiger partial charge in [-0.3, -0.25) is 0 Å². The highest BCUT2D eigenvalue weighted by Crippen LogP contribution is 2.21. The molecule has 1 aliphatic carbocycles. The molecule has 0 saturated heterocycles. The van der Waals surface area contributed by atoms with Crippen molar-refractivity contribution in [2.45, 2.75) is 45.8 Å². The van der Waals surface area contributed by atoms with Crippen LogP contribution in [0.15, 0.2) is 40.8 Å². The first-order valence-corrected chi connectivity index (χ1v) is 7.87. The fraction of sp³-hybridized carbons (Fsp3) is 0.444. The molecule has 3 rings (SSSR count). The summed E-state index contributed by atoms with van der Waals surface area (Å²) >= 11 is 0. The predicted molar refractivity (Wildman–Crippen MR) is 86.5 cm³/mol. The average Bonchev–Trinajstić information content (AvgIpc) is 3.21. The van der Waals surface area contributed by atoms with Gasteiger partial charge in [-0.1, -0.05) is 12.1 Å². The van der Waals surface area contributed by atoms with E-state index in [9.17, 15) is 0 Å². The highest BCUT2D eigenvalue weighted by atomic mass is 16.3. The van der Waals surface area contributed by atoms with E-state index in [0.717, 1.165) is 37.2 Å². The van der Waals surface area contributed by atoms with Crippen molar-refractivity contribution in [3.05, 3.63) is 53.5 Å². The van der Waals surface area contributed by atoms with Crippen molar-refractivity contribution in [1.82, 2.24) is 5.32 Å². The summed E-state index contributed by atoms with van der Waals surface area (Å²) in [5.74, 6) is 2.07. The van der Waals surface area contributed by atoms with Crippen LogP contribution in [-0.4, -0.2) is 12.6 Å². The molecule has 21 heavy (non-hydrogen) atoms. The van der Waals surface area contributed by atoms with Crippen LogP contribution in [0.25, 0.3) is 0 Å². The Kier molecular flexibility index (Phi) is 4.30. The fourth-order valence-corrected chi connectivity index (χ4v) is 2.53. The minimum absolute atomic E-state index is 0.720. The van der Waals surface area contributed by atoms with E-state index in [2.05, 4.69) is 60.5 Å². The molecule has 1 aromatic carbocycles. The lowest BCUT2D eigenvalue weighted by molar-refractivity contribution is 0.443. The monoisotopic (exact) mass is 284 g/mol. The number of nitrogens with zero attached hydrogens (tertiary/aromatic N) is 1. The standard InChI is InChI=1S/C18H24N2O/c1-3-20(16-6-4-5-14(2)11-16)13-18-10-9-17(21-18)12-19-15-7-8-15/h4-6,9-11,15,19H,3,7-8,12-13H2,1-2H3. The van der Waals surface area contributed by atoms with Gasteiger partial charge in [0.2, 0.25) is 0 Å². The summed E-state index contributed by atoms with van der Waals surface area (Å²) in [6.07, 6.45) is 2.62. The highest BCUT2D eigenvalue weighted by Gasteiger charge is 2.20. The summed E-state index contributed by atoms with van der Waals surface area (Å²) in [6.45, 7) is 6.96. The van der Waals surface area contributed by atoms with Crippen LogP contribution >= 0.6 is 0 Å². The van der Waals surface area contributed by atoms with Crippen LogP contribution in [0.4, 0.5) is 5.69 Å². The third-order valence-corrected chi connectivity index (χ3v) is 3.95. The van der Waals surface area contributed by atoms with Crippen molar-refractivity contribution < 1.29 is 4.42 Å². The molecule has 1 saturated carbocycles. The van der Waals surface area contributed by atoms with Gasteiger partial charge >= 0.3 is 0 Å². The molecule has 1 N–H and O–H groups in total. The Morgan fingerprint density at radius 1 is 1.19 bits per heavy atom. The van der Waals surface area contributed by atoms with Gasteiger partial charge in [-0.25, -0.2) is 0 Å². The van der Waals surface area contributed by atoms with E-state index in [-0.39, 0.29) is 0 Å². The molecule has 0 unspecified atom stereocenters. The van der Waals surface area contributed by atoms with Gasteiger partial charge in [0.25, 0.3) is 0 Å². The Labute approximate surface area is 127 Å². The summed E-state index contributed by atoms with van der Waals surface area (Å²) in [7, 11) is 0. The Balaban J connectivity index is 1.63. The minimum Gasteiger partial charge on any atom is -0.463 e. The van der Waals surface area contributed by atoms with E-state index in [0.29, 0.717) is 0 Å². The summed E-state index contributed by atoms with van der Waals surface area (Å²) in [4.78, 5) is 2.34. The second-order valence-corrected chi connectivity index (χ2v) is 5.88. The molecule has 112 valence electrons. The van der Waals surface area contributed by atoms with E-state index in [1.165, 1.54) is 24.1 Å². The first kappa shape index (κ1) is 14.2. The first-order valence-electron chi connectivity index (χ1n) is 7.87. The summed E-state index contributed by atoms with van der Waals surface area (Å²) in [5.41, 5.74) is 2.55. The predicted octanol–water partition coefficient (Wildman–Crippen LogP) is 3.87. The van der Waals surface area contributed by atoms with Gasteiger partial charge in [0.05, 0.1) is 13.1 Å². The Hall–Kier alpha value is -1.74. The summed E-state index contributed by atoms with van der Waals surface area (Å²) < 4.78 is 5.94. The molecular weight excluding hydrogens is 260 g/mol. The Morgan fingerprint density at radius 3 is 2.71 bits per heavy atom. The maximum atomic E-state index is 5.94. The molecule has 0 atom stereocenters. The van der Waals surface area contributed by atoms with E-state index in [1.807, 2.05) is 0 Å². The molecule has 3 nitrogen and oxygen atoms in total. The molecule has 1 aliphatic rings. The number of nitrogens with one attached hydrogen (secondary N) is 1. The van der Waals surface area contributed by atoms with Gasteiger partial charge in [-0.15, -0.1) is 0 Å². The molecule has 1 aromatic heterocycles. The molecule has 0 bridgehead atoms. The van der Waals surface area contributed by atoms with Gasteiger partial charge in [-0.2, -0.15) is 0 Å². The van der Waals surface area contributed by atoms with Crippen LogP contribution in [0.1, 0.15) is 36.8 Å². The second-order valence-electron chi connectivity index (χ2n) is 5.88. The van der Waals surface area contributed by atoms with Crippen molar-refractivity contribution in [2.24, 2.45) is 0 Å². The van der Waals surface area contributed by atoms with Crippen molar-refractivity contribution in [1.29, 1.82) is 0 Å². The first-order chi connectivity index (χ1) is 10.2. The van der Waals surface area contributed by atoms with Crippen molar-refractivity contribution in [3.63, 3.8) is 0 Å². The number of benzene rings is 1. The highest BCUT2D eigenvalue weighted by molar-refractivity contribution is 5.48. The summed E-state index contributed by atoms with van der Waals surface area (Å²) in [5, 5.41) is 3.49. The van der Waals surface area contributed by atoms with Gasteiger partial charge in [-0.05, 0) is 56.5 Å². The summed E-state index contributed by atoms with van der Waals surface area (Å²) in [6, 6.07) is 13.5. The SMILES string of the molecule is CCN(Cc1ccc(CNC2CC2)o1)c1cccc(C)c1. The van der Waals surface area contributed by atoms with Crippen LogP contribution in [0.3, 0.4) is 0 Å². The normalized spacial score (nSPS) is 14.4. The molecule has 3 heteroatoms. The van der Waals surface area contributed by atoms with E-state index in [1.54, 1.807) is 0 Å². The van der Waals surface area contributed by atoms with E-state index < -0.39 is 0 Å². The van der Waals surface area contributed by atoms with E-state index in [4.69, 9.17) is 4.42 Å².